The Balaban J connectivity index is 1.41. The molecule has 4 aromatic rings. The van der Waals surface area contributed by atoms with Crippen molar-refractivity contribution in [3.63, 3.8) is 0 Å². The molecule has 0 bridgehead atoms. The molecule has 0 aromatic heterocycles. The van der Waals surface area contributed by atoms with Gasteiger partial charge >= 0.3 is 12.1 Å². The van der Waals surface area contributed by atoms with Gasteiger partial charge in [-0.05, 0) is 39.9 Å². The molecule has 1 amide bonds. The van der Waals surface area contributed by atoms with E-state index in [1.807, 2.05) is 72.8 Å². The van der Waals surface area contributed by atoms with Crippen molar-refractivity contribution in [1.82, 2.24) is 0 Å². The van der Waals surface area contributed by atoms with Crippen LogP contribution in [-0.4, -0.2) is 33.3 Å². The van der Waals surface area contributed by atoms with Crippen molar-refractivity contribution in [2.75, 3.05) is 6.54 Å². The van der Waals surface area contributed by atoms with Crippen molar-refractivity contribution < 1.29 is 24.3 Å². The predicted octanol–water partition coefficient (Wildman–Crippen LogP) is 7.10. The highest BCUT2D eigenvalue weighted by atomic mass is 32.2. The molecule has 6 rings (SSSR count). The van der Waals surface area contributed by atoms with Crippen LogP contribution in [-0.2, 0) is 22.6 Å². The number of hydrogen-bond donors (Lipinski definition) is 2. The molecule has 2 aliphatic rings. The van der Waals surface area contributed by atoms with Gasteiger partial charge in [-0.1, -0.05) is 84.9 Å². The monoisotopic (exact) mass is 522 g/mol. The van der Waals surface area contributed by atoms with Gasteiger partial charge in [0.25, 0.3) is 0 Å². The lowest BCUT2D eigenvalue weighted by Gasteiger charge is -2.41. The van der Waals surface area contributed by atoms with Crippen molar-refractivity contribution in [2.24, 2.45) is 0 Å². The molecule has 2 unspecified atom stereocenters. The van der Waals surface area contributed by atoms with Crippen LogP contribution in [0.3, 0.4) is 0 Å². The highest BCUT2D eigenvalue weighted by Gasteiger charge is 2.66. The number of hydrogen-bond acceptors (Lipinski definition) is 3. The maximum absolute atomic E-state index is 13.2. The highest BCUT2D eigenvalue weighted by molar-refractivity contribution is 7.98. The molecule has 0 saturated heterocycles. The van der Waals surface area contributed by atoms with Crippen molar-refractivity contribution in [3.05, 3.63) is 125 Å². The Bertz CT molecular complexity index is 1520. The molecule has 0 saturated carbocycles. The molecular formula is C32H28NO4S+. The van der Waals surface area contributed by atoms with E-state index >= 15 is 0 Å². The third-order valence-corrected chi connectivity index (χ3v) is 9.45. The number of quaternary nitrogens is 1. The maximum Gasteiger partial charge on any atom is 0.515 e. The molecular weight excluding hydrogens is 494 g/mol. The molecule has 2 N–H and O–H groups in total. The lowest BCUT2D eigenvalue weighted by atomic mass is 9.87. The summed E-state index contributed by atoms with van der Waals surface area (Å²) < 4.78 is -0.586. The van der Waals surface area contributed by atoms with Crippen LogP contribution in [0.25, 0.3) is 11.1 Å². The second-order valence-corrected chi connectivity index (χ2v) is 11.3. The number of carboxylic acids is 1. The highest BCUT2D eigenvalue weighted by Crippen LogP contribution is 2.52. The quantitative estimate of drug-likeness (QED) is 0.209. The van der Waals surface area contributed by atoms with Crippen molar-refractivity contribution in [2.45, 2.75) is 35.6 Å². The number of amides is 1. The van der Waals surface area contributed by atoms with Gasteiger partial charge in [0.05, 0.1) is 5.92 Å². The zero-order chi connectivity index (χ0) is 26.5. The summed E-state index contributed by atoms with van der Waals surface area (Å²) in [6.45, 7) is 1.85. The lowest BCUT2D eigenvalue weighted by Crippen LogP contribution is -2.64. The molecule has 38 heavy (non-hydrogen) atoms. The number of rotatable bonds is 6. The normalized spacial score (nSPS) is 21.5. The van der Waals surface area contributed by atoms with Crippen LogP contribution in [0.15, 0.2) is 102 Å². The largest absolute Gasteiger partial charge is 0.515 e. The Morgan fingerprint density at radius 3 is 2.08 bits per heavy atom. The molecule has 1 aliphatic heterocycles. The second-order valence-electron chi connectivity index (χ2n) is 10.3. The van der Waals surface area contributed by atoms with Gasteiger partial charge in [0, 0.05) is 28.7 Å². The minimum atomic E-state index is -1.63. The summed E-state index contributed by atoms with van der Waals surface area (Å²) in [5.41, 5.74) is 5.21. The summed E-state index contributed by atoms with van der Waals surface area (Å²) in [6.07, 6.45) is -1.12. The Kier molecular flexibility index (Phi) is 5.89. The third-order valence-electron chi connectivity index (χ3n) is 8.39. The summed E-state index contributed by atoms with van der Waals surface area (Å²) in [4.78, 5) is 27.2. The van der Waals surface area contributed by atoms with Gasteiger partial charge in [-0.3, -0.25) is 0 Å². The van der Waals surface area contributed by atoms with E-state index in [1.54, 1.807) is 18.7 Å². The smallest absolute Gasteiger partial charge is 0.476 e. The van der Waals surface area contributed by atoms with Crippen molar-refractivity contribution in [1.29, 1.82) is 0 Å². The number of carbonyl (C=O) groups is 2. The van der Waals surface area contributed by atoms with Gasteiger partial charge in [-0.2, -0.15) is 9.28 Å². The summed E-state index contributed by atoms with van der Waals surface area (Å²) in [6, 6.07) is 32.0. The zero-order valence-corrected chi connectivity index (χ0v) is 21.8. The van der Waals surface area contributed by atoms with Crippen molar-refractivity contribution >= 4 is 23.8 Å². The molecule has 6 heteroatoms. The van der Waals surface area contributed by atoms with E-state index in [2.05, 4.69) is 24.3 Å². The molecule has 0 fully saturated rings. The van der Waals surface area contributed by atoms with Gasteiger partial charge < -0.3 is 10.2 Å². The number of carboxylic acid groups (broad SMARTS) is 2. The molecule has 1 aliphatic carbocycles. The molecule has 0 radical (unpaired) electrons. The maximum atomic E-state index is 13.2. The topological polar surface area (TPSA) is 74.6 Å². The van der Waals surface area contributed by atoms with E-state index < -0.39 is 22.1 Å². The number of nitrogens with zero attached hydrogens (tertiary/aromatic N) is 1. The van der Waals surface area contributed by atoms with E-state index in [-0.39, 0.29) is 19.0 Å². The SMILES string of the molecule is CC1(C(=O)O)c2ccc(SCc3ccccc3)cc2C[N+]1(CC1c2ccccc2-c2ccccc21)C(=O)O. The predicted molar refractivity (Wildman–Crippen MR) is 148 cm³/mol. The minimum absolute atomic E-state index is 0.119. The zero-order valence-electron chi connectivity index (χ0n) is 21.0. The molecule has 2 atom stereocenters. The van der Waals surface area contributed by atoms with E-state index in [1.165, 1.54) is 5.56 Å². The standard InChI is InChI=1S/C32H27NO4S/c1-32(30(34)35)29-16-15-23(38-20-21-9-3-2-4-10-21)17-22(29)18-33(32,31(36)37)19-28-26-13-7-5-11-24(26)25-12-6-8-14-27(25)28/h2-17,28H,18-20H2,1H3,(H-,34,35,36,37)/p+1. The Morgan fingerprint density at radius 2 is 1.47 bits per heavy atom. The molecule has 0 spiro atoms. The van der Waals surface area contributed by atoms with Crippen LogP contribution in [0.2, 0.25) is 0 Å². The fourth-order valence-electron chi connectivity index (χ4n) is 6.34. The average Bonchev–Trinajstić information content (AvgIpc) is 3.39. The molecule has 1 heterocycles. The first-order valence-electron chi connectivity index (χ1n) is 12.7. The van der Waals surface area contributed by atoms with Crippen LogP contribution in [0.5, 0.6) is 0 Å². The fraction of sp³-hybridized carbons (Fsp3) is 0.188. The van der Waals surface area contributed by atoms with Gasteiger partial charge in [-0.25, -0.2) is 4.79 Å². The Hall–Kier alpha value is -3.87. The van der Waals surface area contributed by atoms with Gasteiger partial charge in [0.2, 0.25) is 5.54 Å². The van der Waals surface area contributed by atoms with Crippen LogP contribution < -0.4 is 0 Å². The first kappa shape index (κ1) is 24.5. The molecule has 5 nitrogen and oxygen atoms in total. The molecule has 4 aromatic carbocycles. The van der Waals surface area contributed by atoms with Crippen molar-refractivity contribution in [3.8, 4) is 11.1 Å². The van der Waals surface area contributed by atoms with Crippen LogP contribution in [0.4, 0.5) is 4.79 Å². The van der Waals surface area contributed by atoms with Crippen LogP contribution >= 0.6 is 11.8 Å². The summed E-state index contributed by atoms with van der Waals surface area (Å²) in [5.74, 6) is -0.564. The number of fused-ring (bicyclic) bond motifs is 4. The first-order chi connectivity index (χ1) is 18.3. The lowest BCUT2D eigenvalue weighted by molar-refractivity contribution is -0.911. The number of aliphatic carboxylic acids is 1. The third kappa shape index (κ3) is 3.59. The number of thioether (sulfide) groups is 1. The number of benzene rings is 4. The summed E-state index contributed by atoms with van der Waals surface area (Å²) in [7, 11) is 0. The van der Waals surface area contributed by atoms with Crippen LogP contribution in [0.1, 0.15) is 40.7 Å². The Morgan fingerprint density at radius 1 is 0.868 bits per heavy atom. The van der Waals surface area contributed by atoms with Gasteiger partial charge in [0.1, 0.15) is 13.1 Å². The minimum Gasteiger partial charge on any atom is -0.476 e. The summed E-state index contributed by atoms with van der Waals surface area (Å²) >= 11 is 1.67. The first-order valence-corrected chi connectivity index (χ1v) is 13.7. The molecule has 190 valence electrons. The van der Waals surface area contributed by atoms with Crippen LogP contribution in [0, 0.1) is 0 Å². The fourth-order valence-corrected chi connectivity index (χ4v) is 7.25. The Labute approximate surface area is 226 Å². The van der Waals surface area contributed by atoms with Gasteiger partial charge in [-0.15, -0.1) is 11.8 Å². The van der Waals surface area contributed by atoms with E-state index in [0.717, 1.165) is 38.5 Å². The average molecular weight is 523 g/mol. The van der Waals surface area contributed by atoms with E-state index in [4.69, 9.17) is 0 Å². The van der Waals surface area contributed by atoms with E-state index in [0.29, 0.717) is 5.56 Å². The second kappa shape index (κ2) is 9.15. The van der Waals surface area contributed by atoms with Gasteiger partial charge in [0.15, 0.2) is 0 Å². The summed E-state index contributed by atoms with van der Waals surface area (Å²) in [5, 5.41) is 21.4. The van der Waals surface area contributed by atoms with E-state index in [9.17, 15) is 19.8 Å².